The minimum absolute atomic E-state index is 0.0645. The number of rotatable bonds is 6. The summed E-state index contributed by atoms with van der Waals surface area (Å²) in [6.07, 6.45) is 4.43. The van der Waals surface area contributed by atoms with Crippen molar-refractivity contribution in [2.45, 2.75) is 82.7 Å². The molecule has 1 fully saturated rings. The third-order valence-electron chi connectivity index (χ3n) is 8.70. The Kier molecular flexibility index (Phi) is 8.49. The molecule has 0 radical (unpaired) electrons. The van der Waals surface area contributed by atoms with Crippen LogP contribution in [-0.2, 0) is 0 Å². The fourth-order valence-electron chi connectivity index (χ4n) is 6.40. The number of anilines is 1. The molecule has 0 bridgehead atoms. The highest BCUT2D eigenvalue weighted by Gasteiger charge is 2.42. The van der Waals surface area contributed by atoms with E-state index in [0.717, 1.165) is 13.0 Å². The number of halogens is 3. The van der Waals surface area contributed by atoms with Gasteiger partial charge in [-0.3, -0.25) is 0 Å². The molecule has 4 heterocycles. The second kappa shape index (κ2) is 11.7. The molecule has 11 heteroatoms. The van der Waals surface area contributed by atoms with E-state index >= 15 is 8.78 Å². The number of benzene rings is 1. The van der Waals surface area contributed by atoms with Crippen LogP contribution in [0, 0.1) is 23.1 Å². The van der Waals surface area contributed by atoms with Crippen LogP contribution >= 0.6 is 23.4 Å². The number of nitrogens with zero attached hydrogens (tertiary/aromatic N) is 6. The van der Waals surface area contributed by atoms with Gasteiger partial charge in [0.05, 0.1) is 16.5 Å². The van der Waals surface area contributed by atoms with E-state index in [9.17, 15) is 0 Å². The summed E-state index contributed by atoms with van der Waals surface area (Å²) in [7, 11) is -2.23. The quantitative estimate of drug-likeness (QED) is 0.0922. The predicted octanol–water partition coefficient (Wildman–Crippen LogP) is 8.46. The number of fused-ring (bicyclic) bond motifs is 2. The minimum Gasteiger partial charge on any atom is -0.353 e. The second-order valence-electron chi connectivity index (χ2n) is 11.9. The van der Waals surface area contributed by atoms with Gasteiger partial charge in [-0.05, 0) is 60.0 Å². The first-order valence-corrected chi connectivity index (χ1v) is 18.1. The second-order valence-corrected chi connectivity index (χ2v) is 18.5. The Labute approximate surface area is 256 Å². The van der Waals surface area contributed by atoms with Crippen LogP contribution in [0.4, 0.5) is 14.6 Å². The molecule has 5 rings (SSSR count). The van der Waals surface area contributed by atoms with Crippen LogP contribution in [0.5, 0.6) is 0 Å². The Morgan fingerprint density at radius 1 is 1.00 bits per heavy atom. The molecule has 0 unspecified atom stereocenters. The minimum atomic E-state index is -2.23. The lowest BCUT2D eigenvalue weighted by molar-refractivity contribution is 0.477. The van der Waals surface area contributed by atoms with E-state index in [-0.39, 0.29) is 33.8 Å². The maximum absolute atomic E-state index is 16.5. The standard InChI is InChI=1S/C31H35ClF2N6SSi/c1-16(2)42(17(3)4,18(5)6)14-12-20-22(33)9-10-23-24(20)27(38-30(32)36-23)28-25(34)26-21(15-35-31(39-26)41-8)29(37-28)40-13-11-19(40)7/h9-10,15-19H,11,13H2,1-8H3/t19-/m0/s1. The van der Waals surface area contributed by atoms with Gasteiger partial charge >= 0.3 is 0 Å². The number of aromatic nitrogens is 5. The number of hydrogen-bond acceptors (Lipinski definition) is 7. The van der Waals surface area contributed by atoms with Gasteiger partial charge in [0.15, 0.2) is 11.0 Å². The van der Waals surface area contributed by atoms with Gasteiger partial charge in [-0.1, -0.05) is 59.2 Å². The largest absolute Gasteiger partial charge is 0.353 e. The third kappa shape index (κ3) is 5.03. The fraction of sp³-hybridized carbons (Fsp3) is 0.452. The SMILES string of the molecule is CSc1ncc2c(N3CC[C@@H]3C)nc(-c3nc(Cl)nc4ccc(F)c(C#C[Si](C(C)C)(C(C)C)C(C)C)c34)c(F)c2n1. The maximum atomic E-state index is 16.5. The molecule has 0 aliphatic carbocycles. The van der Waals surface area contributed by atoms with Crippen molar-refractivity contribution in [3.8, 4) is 22.9 Å². The predicted molar refractivity (Wildman–Crippen MR) is 172 cm³/mol. The molecule has 3 aromatic heterocycles. The number of hydrogen-bond donors (Lipinski definition) is 0. The highest BCUT2D eigenvalue weighted by Crippen LogP contribution is 2.42. The average Bonchev–Trinajstić information content (AvgIpc) is 2.93. The summed E-state index contributed by atoms with van der Waals surface area (Å²) in [4.78, 5) is 24.6. The summed E-state index contributed by atoms with van der Waals surface area (Å²) in [5.74, 6) is 2.60. The van der Waals surface area contributed by atoms with Crippen LogP contribution in [-0.4, -0.2) is 51.8 Å². The van der Waals surface area contributed by atoms with Crippen LogP contribution in [0.1, 0.15) is 60.5 Å². The average molecular weight is 625 g/mol. The molecule has 0 saturated carbocycles. The van der Waals surface area contributed by atoms with Crippen LogP contribution in [0.2, 0.25) is 21.9 Å². The lowest BCUT2D eigenvalue weighted by atomic mass is 10.0. The monoisotopic (exact) mass is 624 g/mol. The van der Waals surface area contributed by atoms with Gasteiger partial charge in [0.1, 0.15) is 36.6 Å². The molecular weight excluding hydrogens is 590 g/mol. The van der Waals surface area contributed by atoms with E-state index in [2.05, 4.69) is 84.8 Å². The van der Waals surface area contributed by atoms with E-state index in [1.807, 2.05) is 6.26 Å². The van der Waals surface area contributed by atoms with Crippen molar-refractivity contribution in [1.29, 1.82) is 0 Å². The summed E-state index contributed by atoms with van der Waals surface area (Å²) < 4.78 is 32.3. The van der Waals surface area contributed by atoms with Crippen molar-refractivity contribution in [3.05, 3.63) is 40.8 Å². The van der Waals surface area contributed by atoms with E-state index < -0.39 is 19.7 Å². The Bertz CT molecular complexity index is 1730. The molecule has 1 aliphatic heterocycles. The first-order chi connectivity index (χ1) is 19.9. The first kappa shape index (κ1) is 30.6. The van der Waals surface area contributed by atoms with Gasteiger partial charge in [-0.25, -0.2) is 33.7 Å². The maximum Gasteiger partial charge on any atom is 0.223 e. The lowest BCUT2D eigenvalue weighted by Crippen LogP contribution is -2.46. The lowest BCUT2D eigenvalue weighted by Gasteiger charge is -2.40. The molecule has 4 aromatic rings. The van der Waals surface area contributed by atoms with Crippen molar-refractivity contribution >= 4 is 59.1 Å². The van der Waals surface area contributed by atoms with Crippen LogP contribution in [0.15, 0.2) is 23.5 Å². The van der Waals surface area contributed by atoms with Gasteiger partial charge in [0, 0.05) is 24.2 Å². The molecule has 0 N–H and O–H groups in total. The Morgan fingerprint density at radius 2 is 1.69 bits per heavy atom. The molecule has 1 aromatic carbocycles. The molecule has 220 valence electrons. The Balaban J connectivity index is 1.87. The topological polar surface area (TPSA) is 67.7 Å². The summed E-state index contributed by atoms with van der Waals surface area (Å²) in [6.45, 7) is 16.1. The Hall–Kier alpha value is -2.87. The van der Waals surface area contributed by atoms with Gasteiger partial charge in [-0.15, -0.1) is 5.54 Å². The molecule has 6 nitrogen and oxygen atoms in total. The van der Waals surface area contributed by atoms with Crippen molar-refractivity contribution in [2.24, 2.45) is 0 Å². The van der Waals surface area contributed by atoms with Crippen molar-refractivity contribution in [3.63, 3.8) is 0 Å². The molecule has 1 atom stereocenters. The highest BCUT2D eigenvalue weighted by atomic mass is 35.5. The highest BCUT2D eigenvalue weighted by molar-refractivity contribution is 7.98. The smallest absolute Gasteiger partial charge is 0.223 e. The summed E-state index contributed by atoms with van der Waals surface area (Å²) in [5.41, 5.74) is 5.30. The van der Waals surface area contributed by atoms with Crippen LogP contribution in [0.3, 0.4) is 0 Å². The van der Waals surface area contributed by atoms with E-state index in [1.165, 1.54) is 23.9 Å². The number of thioether (sulfide) groups is 1. The summed E-state index contributed by atoms with van der Waals surface area (Å²) >= 11 is 7.71. The molecule has 42 heavy (non-hydrogen) atoms. The zero-order chi connectivity index (χ0) is 30.5. The van der Waals surface area contributed by atoms with E-state index in [4.69, 9.17) is 16.6 Å². The fourth-order valence-corrected chi connectivity index (χ4v) is 12.1. The van der Waals surface area contributed by atoms with E-state index in [1.54, 1.807) is 6.20 Å². The van der Waals surface area contributed by atoms with Crippen molar-refractivity contribution < 1.29 is 8.78 Å². The molecule has 1 aliphatic rings. The van der Waals surface area contributed by atoms with Gasteiger partial charge in [-0.2, -0.15) is 0 Å². The Morgan fingerprint density at radius 3 is 2.26 bits per heavy atom. The van der Waals surface area contributed by atoms with Gasteiger partial charge in [0.25, 0.3) is 0 Å². The summed E-state index contributed by atoms with van der Waals surface area (Å²) in [5, 5.41) is 1.14. The number of pyridine rings is 1. The molecule has 0 amide bonds. The van der Waals surface area contributed by atoms with Gasteiger partial charge < -0.3 is 4.90 Å². The molecule has 1 saturated heterocycles. The van der Waals surface area contributed by atoms with Crippen molar-refractivity contribution in [1.82, 2.24) is 24.9 Å². The van der Waals surface area contributed by atoms with E-state index in [0.29, 0.717) is 43.9 Å². The van der Waals surface area contributed by atoms with Crippen LogP contribution < -0.4 is 4.90 Å². The summed E-state index contributed by atoms with van der Waals surface area (Å²) in [6, 6.07) is 3.07. The molecular formula is C31H35ClF2N6SSi. The zero-order valence-electron chi connectivity index (χ0n) is 25.2. The first-order valence-electron chi connectivity index (χ1n) is 14.3. The normalized spacial score (nSPS) is 15.6. The van der Waals surface area contributed by atoms with Crippen molar-refractivity contribution in [2.75, 3.05) is 17.7 Å². The zero-order valence-corrected chi connectivity index (χ0v) is 27.8. The van der Waals surface area contributed by atoms with Crippen LogP contribution in [0.25, 0.3) is 33.2 Å². The molecule has 0 spiro atoms. The van der Waals surface area contributed by atoms with Gasteiger partial charge in [0.2, 0.25) is 5.28 Å². The third-order valence-corrected chi connectivity index (χ3v) is 15.7.